The van der Waals surface area contributed by atoms with E-state index in [9.17, 15) is 13.2 Å². The van der Waals surface area contributed by atoms with Gasteiger partial charge in [0.05, 0.1) is 15.1 Å². The molecule has 0 N–H and O–H groups in total. The van der Waals surface area contributed by atoms with E-state index < -0.39 is 10.0 Å². The van der Waals surface area contributed by atoms with E-state index in [1.165, 1.54) is 27.8 Å². The molecular weight excluding hydrogens is 488 g/mol. The van der Waals surface area contributed by atoms with Gasteiger partial charge in [-0.05, 0) is 51.2 Å². The van der Waals surface area contributed by atoms with Gasteiger partial charge < -0.3 is 14.4 Å². The Balaban J connectivity index is 1.42. The molecule has 0 unspecified atom stereocenters. The third-order valence-corrected chi connectivity index (χ3v) is 9.13. The molecule has 0 aliphatic carbocycles. The minimum Gasteiger partial charge on any atom is -0.454 e. The maximum atomic E-state index is 13.6. The smallest absolute Gasteiger partial charge is 0.260 e. The highest BCUT2D eigenvalue weighted by Gasteiger charge is 2.27. The Hall–Kier alpha value is -2.73. The number of aromatic nitrogens is 1. The van der Waals surface area contributed by atoms with Crippen molar-refractivity contribution in [1.29, 1.82) is 0 Å². The lowest BCUT2D eigenvalue weighted by Gasteiger charge is -2.26. The Morgan fingerprint density at radius 2 is 1.71 bits per heavy atom. The van der Waals surface area contributed by atoms with Crippen LogP contribution in [0.1, 0.15) is 29.6 Å². The highest BCUT2D eigenvalue weighted by Crippen LogP contribution is 2.40. The van der Waals surface area contributed by atoms with E-state index in [0.717, 1.165) is 29.5 Å². The third-order valence-electron chi connectivity index (χ3n) is 6.17. The number of carbonyl (C=O) groups excluding carboxylic acids is 1. The second-order valence-electron chi connectivity index (χ2n) is 8.92. The van der Waals surface area contributed by atoms with Crippen molar-refractivity contribution in [1.82, 2.24) is 14.2 Å². The fourth-order valence-corrected chi connectivity index (χ4v) is 6.70. The quantitative estimate of drug-likeness (QED) is 0.475. The summed E-state index contributed by atoms with van der Waals surface area (Å²) in [5.74, 6) is 1.09. The van der Waals surface area contributed by atoms with Crippen LogP contribution < -0.4 is 14.4 Å². The zero-order valence-electron chi connectivity index (χ0n) is 19.8. The maximum absolute atomic E-state index is 13.6. The van der Waals surface area contributed by atoms with Gasteiger partial charge in [0, 0.05) is 43.9 Å². The van der Waals surface area contributed by atoms with Crippen LogP contribution in [0, 0.1) is 0 Å². The number of likely N-dealkylation sites (N-methyl/N-ethyl adjacent to an activating group) is 1. The zero-order valence-corrected chi connectivity index (χ0v) is 21.4. The van der Waals surface area contributed by atoms with Gasteiger partial charge in [0.2, 0.25) is 16.8 Å². The molecule has 1 fully saturated rings. The summed E-state index contributed by atoms with van der Waals surface area (Å²) in [6, 6.07) is 9.94. The van der Waals surface area contributed by atoms with Crippen LogP contribution >= 0.6 is 11.3 Å². The molecule has 2 aliphatic heterocycles. The largest absolute Gasteiger partial charge is 0.454 e. The molecule has 2 aromatic carbocycles. The monoisotopic (exact) mass is 516 g/mol. The first-order chi connectivity index (χ1) is 16.8. The summed E-state index contributed by atoms with van der Waals surface area (Å²) < 4.78 is 39.3. The van der Waals surface area contributed by atoms with Crippen LogP contribution in [0.5, 0.6) is 11.5 Å². The minimum atomic E-state index is -3.55. The van der Waals surface area contributed by atoms with Crippen molar-refractivity contribution in [2.24, 2.45) is 0 Å². The van der Waals surface area contributed by atoms with Gasteiger partial charge in [-0.2, -0.15) is 4.31 Å². The van der Waals surface area contributed by atoms with E-state index in [2.05, 4.69) is 0 Å². The topological polar surface area (TPSA) is 92.3 Å². The van der Waals surface area contributed by atoms with Crippen molar-refractivity contribution >= 4 is 42.6 Å². The summed E-state index contributed by atoms with van der Waals surface area (Å²) in [6.45, 7) is 2.35. The minimum absolute atomic E-state index is 0.191. The number of hydrogen-bond acceptors (Lipinski definition) is 8. The molecule has 0 spiro atoms. The number of sulfonamides is 1. The lowest BCUT2D eigenvalue weighted by molar-refractivity contribution is 0.0985. The Labute approximate surface area is 208 Å². The van der Waals surface area contributed by atoms with Crippen LogP contribution in [0.3, 0.4) is 0 Å². The highest BCUT2D eigenvalue weighted by molar-refractivity contribution is 7.89. The van der Waals surface area contributed by atoms with Gasteiger partial charge in [0.25, 0.3) is 5.91 Å². The van der Waals surface area contributed by atoms with Crippen molar-refractivity contribution in [2.75, 3.05) is 52.0 Å². The summed E-state index contributed by atoms with van der Waals surface area (Å²) >= 11 is 1.41. The van der Waals surface area contributed by atoms with Gasteiger partial charge in [-0.3, -0.25) is 9.69 Å². The van der Waals surface area contributed by atoms with Crippen molar-refractivity contribution in [3.8, 4) is 11.5 Å². The van der Waals surface area contributed by atoms with Gasteiger partial charge in [0.1, 0.15) is 0 Å². The second-order valence-corrected chi connectivity index (χ2v) is 11.9. The molecule has 9 nitrogen and oxygen atoms in total. The number of fused-ring (bicyclic) bond motifs is 2. The number of nitrogens with zero attached hydrogens (tertiary/aromatic N) is 4. The van der Waals surface area contributed by atoms with E-state index >= 15 is 0 Å². The molecule has 1 aromatic heterocycles. The average molecular weight is 517 g/mol. The van der Waals surface area contributed by atoms with Crippen LogP contribution in [-0.2, 0) is 10.0 Å². The number of rotatable bonds is 7. The van der Waals surface area contributed by atoms with Crippen LogP contribution in [0.15, 0.2) is 41.3 Å². The molecule has 1 amide bonds. The Kier molecular flexibility index (Phi) is 6.67. The predicted molar refractivity (Wildman–Crippen MR) is 135 cm³/mol. The molecule has 0 atom stereocenters. The van der Waals surface area contributed by atoms with E-state index in [0.29, 0.717) is 48.4 Å². The number of anilines is 1. The molecule has 3 aromatic rings. The number of thiazole rings is 1. The molecule has 2 aliphatic rings. The molecule has 0 bridgehead atoms. The van der Waals surface area contributed by atoms with E-state index in [-0.39, 0.29) is 17.6 Å². The molecule has 3 heterocycles. The Morgan fingerprint density at radius 3 is 2.40 bits per heavy atom. The first-order valence-corrected chi connectivity index (χ1v) is 13.9. The van der Waals surface area contributed by atoms with Crippen molar-refractivity contribution in [3.63, 3.8) is 0 Å². The number of benzene rings is 2. The molecule has 35 heavy (non-hydrogen) atoms. The normalized spacial score (nSPS) is 16.2. The van der Waals surface area contributed by atoms with Crippen LogP contribution in [0.25, 0.3) is 10.2 Å². The molecule has 1 saturated heterocycles. The number of hydrogen-bond donors (Lipinski definition) is 0. The lowest BCUT2D eigenvalue weighted by Crippen LogP contribution is -2.37. The van der Waals surface area contributed by atoms with Crippen LogP contribution in [0.4, 0.5) is 5.13 Å². The van der Waals surface area contributed by atoms with Crippen LogP contribution in [0.2, 0.25) is 0 Å². The number of piperidine rings is 1. The SMILES string of the molecule is CN(C)CCN(C(=O)c1ccc(S(=O)(=O)N2CCCCC2)cc1)c1nc2cc3c(cc2s1)OCO3. The fourth-order valence-electron chi connectivity index (χ4n) is 4.19. The Bertz CT molecular complexity index is 1290. The standard InChI is InChI=1S/C24H28N4O5S2/c1-26(2)12-13-28(24-25-19-14-20-21(33-16-32-20)15-22(19)34-24)23(29)17-6-8-18(9-7-17)35(30,31)27-10-4-3-5-11-27/h6-9,14-15H,3-5,10-13,16H2,1-2H3. The summed E-state index contributed by atoms with van der Waals surface area (Å²) in [5.41, 5.74) is 1.15. The molecule has 0 radical (unpaired) electrons. The fraction of sp³-hybridized carbons (Fsp3) is 0.417. The molecular formula is C24H28N4O5S2. The Morgan fingerprint density at radius 1 is 1.03 bits per heavy atom. The predicted octanol–water partition coefficient (Wildman–Crippen LogP) is 3.41. The first-order valence-electron chi connectivity index (χ1n) is 11.6. The maximum Gasteiger partial charge on any atom is 0.260 e. The van der Waals surface area contributed by atoms with Gasteiger partial charge >= 0.3 is 0 Å². The average Bonchev–Trinajstić information content (AvgIpc) is 3.48. The number of amides is 1. The summed E-state index contributed by atoms with van der Waals surface area (Å²) in [5, 5.41) is 0.570. The van der Waals surface area contributed by atoms with E-state index in [4.69, 9.17) is 14.5 Å². The lowest BCUT2D eigenvalue weighted by atomic mass is 10.2. The first kappa shape index (κ1) is 24.0. The van der Waals surface area contributed by atoms with E-state index in [1.54, 1.807) is 17.0 Å². The van der Waals surface area contributed by atoms with Crippen LogP contribution in [-0.4, -0.2) is 75.6 Å². The highest BCUT2D eigenvalue weighted by atomic mass is 32.2. The summed E-state index contributed by atoms with van der Waals surface area (Å²) in [7, 11) is 0.337. The van der Waals surface area contributed by atoms with Crippen molar-refractivity contribution < 1.29 is 22.7 Å². The molecule has 5 rings (SSSR count). The summed E-state index contributed by atoms with van der Waals surface area (Å²) in [4.78, 5) is 22.1. The van der Waals surface area contributed by atoms with Gasteiger partial charge in [0.15, 0.2) is 16.6 Å². The molecule has 11 heteroatoms. The molecule has 0 saturated carbocycles. The third kappa shape index (κ3) is 4.86. The molecule has 186 valence electrons. The van der Waals surface area contributed by atoms with Gasteiger partial charge in [-0.15, -0.1) is 0 Å². The summed E-state index contributed by atoms with van der Waals surface area (Å²) in [6.07, 6.45) is 2.80. The number of carbonyl (C=O) groups is 1. The van der Waals surface area contributed by atoms with Crippen molar-refractivity contribution in [2.45, 2.75) is 24.2 Å². The second kappa shape index (κ2) is 9.73. The zero-order chi connectivity index (χ0) is 24.6. The number of ether oxygens (including phenoxy) is 2. The van der Waals surface area contributed by atoms with Gasteiger partial charge in [-0.1, -0.05) is 17.8 Å². The van der Waals surface area contributed by atoms with Crippen molar-refractivity contribution in [3.05, 3.63) is 42.0 Å². The van der Waals surface area contributed by atoms with E-state index in [1.807, 2.05) is 31.1 Å². The van der Waals surface area contributed by atoms with Gasteiger partial charge in [-0.25, -0.2) is 13.4 Å².